The number of ether oxygens (including phenoxy) is 1. The van der Waals surface area contributed by atoms with Gasteiger partial charge in [0.2, 0.25) is 0 Å². The highest BCUT2D eigenvalue weighted by molar-refractivity contribution is 5.82. The van der Waals surface area contributed by atoms with Gasteiger partial charge in [-0.15, -0.1) is 0 Å². The molecule has 1 aromatic carbocycles. The molecule has 0 radical (unpaired) electrons. The smallest absolute Gasteiger partial charge is 0.339 e. The highest BCUT2D eigenvalue weighted by atomic mass is 16.5. The lowest BCUT2D eigenvalue weighted by Gasteiger charge is -2.07. The van der Waals surface area contributed by atoms with E-state index in [4.69, 9.17) is 13.7 Å². The van der Waals surface area contributed by atoms with Crippen LogP contribution < -0.4 is 10.4 Å². The molecule has 120 valence electrons. The molecule has 2 heterocycles. The third kappa shape index (κ3) is 3.13. The fraction of sp³-hybridized carbons (Fsp3) is 0.333. The first-order chi connectivity index (χ1) is 11.1. The SMILES string of the molecule is CCCc1cc(COc2ccc3c(C)c(C)c(=O)oc3c2)on1. The van der Waals surface area contributed by atoms with Crippen molar-refractivity contribution in [3.05, 3.63) is 57.3 Å². The van der Waals surface area contributed by atoms with Gasteiger partial charge < -0.3 is 13.7 Å². The summed E-state index contributed by atoms with van der Waals surface area (Å²) in [6.07, 6.45) is 1.92. The van der Waals surface area contributed by atoms with E-state index in [0.29, 0.717) is 22.7 Å². The van der Waals surface area contributed by atoms with Crippen molar-refractivity contribution in [1.29, 1.82) is 0 Å². The van der Waals surface area contributed by atoms with E-state index < -0.39 is 0 Å². The van der Waals surface area contributed by atoms with Gasteiger partial charge in [-0.1, -0.05) is 18.5 Å². The first kappa shape index (κ1) is 15.3. The van der Waals surface area contributed by atoms with Crippen LogP contribution in [0.15, 0.2) is 38.0 Å². The number of nitrogens with zero attached hydrogens (tertiary/aromatic N) is 1. The maximum Gasteiger partial charge on any atom is 0.339 e. The Bertz CT molecular complexity index is 892. The molecule has 0 spiro atoms. The van der Waals surface area contributed by atoms with Crippen LogP contribution in [0.1, 0.15) is 35.9 Å². The zero-order valence-electron chi connectivity index (χ0n) is 13.5. The Morgan fingerprint density at radius 2 is 2.00 bits per heavy atom. The predicted octanol–water partition coefficient (Wildman–Crippen LogP) is 3.93. The van der Waals surface area contributed by atoms with Crippen LogP contribution in [-0.4, -0.2) is 5.16 Å². The van der Waals surface area contributed by atoms with Gasteiger partial charge in [0.1, 0.15) is 17.9 Å². The van der Waals surface area contributed by atoms with Gasteiger partial charge in [0, 0.05) is 23.1 Å². The summed E-state index contributed by atoms with van der Waals surface area (Å²) in [7, 11) is 0. The molecule has 2 aromatic heterocycles. The molecule has 0 unspecified atom stereocenters. The second-order valence-corrected chi connectivity index (χ2v) is 5.62. The van der Waals surface area contributed by atoms with Crippen molar-refractivity contribution in [2.24, 2.45) is 0 Å². The van der Waals surface area contributed by atoms with Crippen LogP contribution in [0.2, 0.25) is 0 Å². The van der Waals surface area contributed by atoms with E-state index in [2.05, 4.69) is 12.1 Å². The number of hydrogen-bond donors (Lipinski definition) is 0. The molecule has 0 N–H and O–H groups in total. The highest BCUT2D eigenvalue weighted by Gasteiger charge is 2.09. The molecular formula is C18H19NO4. The Morgan fingerprint density at radius 3 is 2.78 bits per heavy atom. The lowest BCUT2D eigenvalue weighted by atomic mass is 10.1. The Labute approximate surface area is 133 Å². The molecule has 5 heteroatoms. The Kier molecular flexibility index (Phi) is 4.19. The summed E-state index contributed by atoms with van der Waals surface area (Å²) in [5, 5.41) is 4.90. The summed E-state index contributed by atoms with van der Waals surface area (Å²) in [5.41, 5.74) is 2.71. The Hall–Kier alpha value is -2.56. The minimum absolute atomic E-state index is 0.289. The molecule has 0 amide bonds. The molecule has 0 aliphatic rings. The summed E-state index contributed by atoms with van der Waals surface area (Å²) in [6, 6.07) is 7.39. The molecule has 0 bridgehead atoms. The van der Waals surface area contributed by atoms with Crippen molar-refractivity contribution in [3.63, 3.8) is 0 Å². The normalized spacial score (nSPS) is 11.1. The summed E-state index contributed by atoms with van der Waals surface area (Å²) in [5.74, 6) is 1.30. The number of hydrogen-bond acceptors (Lipinski definition) is 5. The number of aromatic nitrogens is 1. The van der Waals surface area contributed by atoms with Gasteiger partial charge in [0.25, 0.3) is 0 Å². The molecule has 0 aliphatic carbocycles. The molecule has 5 nitrogen and oxygen atoms in total. The fourth-order valence-corrected chi connectivity index (χ4v) is 2.47. The fourth-order valence-electron chi connectivity index (χ4n) is 2.47. The zero-order chi connectivity index (χ0) is 16.4. The third-order valence-corrected chi connectivity index (χ3v) is 3.92. The van der Waals surface area contributed by atoms with Crippen LogP contribution in [0.5, 0.6) is 5.75 Å². The number of rotatable bonds is 5. The van der Waals surface area contributed by atoms with E-state index in [9.17, 15) is 4.79 Å². The average Bonchev–Trinajstić information content (AvgIpc) is 2.98. The topological polar surface area (TPSA) is 65.5 Å². The van der Waals surface area contributed by atoms with Crippen LogP contribution in [0.3, 0.4) is 0 Å². The average molecular weight is 313 g/mol. The minimum atomic E-state index is -0.313. The van der Waals surface area contributed by atoms with E-state index in [1.54, 1.807) is 13.0 Å². The van der Waals surface area contributed by atoms with Gasteiger partial charge in [0.15, 0.2) is 5.76 Å². The highest BCUT2D eigenvalue weighted by Crippen LogP contribution is 2.24. The molecule has 0 fully saturated rings. The van der Waals surface area contributed by atoms with Gasteiger partial charge in [-0.2, -0.15) is 0 Å². The number of aryl methyl sites for hydroxylation is 2. The van der Waals surface area contributed by atoms with Crippen LogP contribution in [0.4, 0.5) is 0 Å². The molecule has 0 saturated carbocycles. The van der Waals surface area contributed by atoms with Gasteiger partial charge in [-0.25, -0.2) is 4.79 Å². The second-order valence-electron chi connectivity index (χ2n) is 5.62. The van der Waals surface area contributed by atoms with Crippen molar-refractivity contribution >= 4 is 11.0 Å². The summed E-state index contributed by atoms with van der Waals surface area (Å²) in [6.45, 7) is 6.07. The van der Waals surface area contributed by atoms with E-state index in [1.165, 1.54) is 0 Å². The Balaban J connectivity index is 1.80. The van der Waals surface area contributed by atoms with Gasteiger partial charge in [-0.3, -0.25) is 0 Å². The van der Waals surface area contributed by atoms with Crippen molar-refractivity contribution in [3.8, 4) is 5.75 Å². The monoisotopic (exact) mass is 313 g/mol. The van der Waals surface area contributed by atoms with E-state index in [-0.39, 0.29) is 12.2 Å². The first-order valence-corrected chi connectivity index (χ1v) is 7.70. The Morgan fingerprint density at radius 1 is 1.17 bits per heavy atom. The van der Waals surface area contributed by atoms with Crippen LogP contribution in [-0.2, 0) is 13.0 Å². The second kappa shape index (κ2) is 6.28. The van der Waals surface area contributed by atoms with Crippen molar-refractivity contribution in [1.82, 2.24) is 5.16 Å². The van der Waals surface area contributed by atoms with Crippen molar-refractivity contribution in [2.75, 3.05) is 0 Å². The molecule has 3 rings (SSSR count). The zero-order valence-corrected chi connectivity index (χ0v) is 13.5. The van der Waals surface area contributed by atoms with Gasteiger partial charge in [0.05, 0.1) is 5.69 Å². The predicted molar refractivity (Wildman–Crippen MR) is 86.8 cm³/mol. The standard InChI is InChI=1S/C18H19NO4/c1-4-5-13-8-15(23-19-13)10-21-14-6-7-16-11(2)12(3)18(20)22-17(16)9-14/h6-9H,4-5,10H2,1-3H3. The molecular weight excluding hydrogens is 294 g/mol. The van der Waals surface area contributed by atoms with Crippen LogP contribution in [0.25, 0.3) is 11.0 Å². The molecule has 0 atom stereocenters. The van der Waals surface area contributed by atoms with Gasteiger partial charge >= 0.3 is 5.63 Å². The van der Waals surface area contributed by atoms with Crippen LogP contribution in [0, 0.1) is 13.8 Å². The lowest BCUT2D eigenvalue weighted by molar-refractivity contribution is 0.248. The van der Waals surface area contributed by atoms with E-state index in [1.807, 2.05) is 25.1 Å². The maximum atomic E-state index is 11.8. The van der Waals surface area contributed by atoms with E-state index >= 15 is 0 Å². The first-order valence-electron chi connectivity index (χ1n) is 7.70. The summed E-state index contributed by atoms with van der Waals surface area (Å²) >= 11 is 0. The molecule has 23 heavy (non-hydrogen) atoms. The summed E-state index contributed by atoms with van der Waals surface area (Å²) < 4.78 is 16.3. The molecule has 3 aromatic rings. The third-order valence-electron chi connectivity index (χ3n) is 3.92. The minimum Gasteiger partial charge on any atom is -0.485 e. The van der Waals surface area contributed by atoms with Gasteiger partial charge in [-0.05, 0) is 38.0 Å². The van der Waals surface area contributed by atoms with Crippen LogP contribution >= 0.6 is 0 Å². The quantitative estimate of drug-likeness (QED) is 0.668. The van der Waals surface area contributed by atoms with E-state index in [0.717, 1.165) is 29.5 Å². The number of fused-ring (bicyclic) bond motifs is 1. The summed E-state index contributed by atoms with van der Waals surface area (Å²) in [4.78, 5) is 11.8. The molecule has 0 saturated heterocycles. The van der Waals surface area contributed by atoms with Crippen molar-refractivity contribution in [2.45, 2.75) is 40.2 Å². The molecule has 0 aliphatic heterocycles. The lowest BCUT2D eigenvalue weighted by Crippen LogP contribution is -2.05. The maximum absolute atomic E-state index is 11.8. The van der Waals surface area contributed by atoms with Crippen molar-refractivity contribution < 1.29 is 13.7 Å². The largest absolute Gasteiger partial charge is 0.485 e. The number of benzene rings is 1.